The first kappa shape index (κ1) is 11.9. The van der Waals surface area contributed by atoms with Gasteiger partial charge in [-0.25, -0.2) is 0 Å². The normalized spacial score (nSPS) is 15.1. The largest absolute Gasteiger partial charge is 0.380 e. The Morgan fingerprint density at radius 3 is 2.17 bits per heavy atom. The van der Waals surface area contributed by atoms with Crippen molar-refractivity contribution in [3.05, 3.63) is 0 Å². The molecule has 0 aromatic rings. The number of hydrogen-bond acceptors (Lipinski definition) is 3. The predicted octanol–water partition coefficient (Wildman–Crippen LogP) is 0.935. The number of rotatable bonds is 5. The molecular formula is C7H16O4S. The second-order valence-electron chi connectivity index (χ2n) is 3.24. The fourth-order valence-corrected chi connectivity index (χ4v) is 1.73. The summed E-state index contributed by atoms with van der Waals surface area (Å²) in [6, 6.07) is 0. The average molecular weight is 196 g/mol. The van der Waals surface area contributed by atoms with Gasteiger partial charge in [0.25, 0.3) is 10.1 Å². The second kappa shape index (κ2) is 4.79. The van der Waals surface area contributed by atoms with Crippen LogP contribution in [0.5, 0.6) is 0 Å². The van der Waals surface area contributed by atoms with E-state index in [4.69, 9.17) is 9.29 Å². The van der Waals surface area contributed by atoms with Crippen molar-refractivity contribution in [2.45, 2.75) is 26.4 Å². The zero-order valence-electron chi connectivity index (χ0n) is 7.65. The van der Waals surface area contributed by atoms with Crippen molar-refractivity contribution in [1.29, 1.82) is 0 Å². The standard InChI is InChI=1S/C7H16O4S/c1-6(2)4-7(11-3)5-12(8,9)10/h6-7H,4-5H2,1-3H3,(H,8,9,10). The second-order valence-corrected chi connectivity index (χ2v) is 4.73. The van der Waals surface area contributed by atoms with Crippen molar-refractivity contribution < 1.29 is 17.7 Å². The lowest BCUT2D eigenvalue weighted by molar-refractivity contribution is 0.101. The van der Waals surface area contributed by atoms with Crippen LogP contribution in [0.3, 0.4) is 0 Å². The van der Waals surface area contributed by atoms with Gasteiger partial charge in [-0.15, -0.1) is 0 Å². The van der Waals surface area contributed by atoms with Crippen molar-refractivity contribution in [1.82, 2.24) is 0 Å². The molecule has 1 atom stereocenters. The number of ether oxygens (including phenoxy) is 1. The zero-order chi connectivity index (χ0) is 9.78. The molecular weight excluding hydrogens is 180 g/mol. The molecule has 1 N–H and O–H groups in total. The molecule has 0 aliphatic heterocycles. The molecule has 0 aliphatic rings. The van der Waals surface area contributed by atoms with E-state index in [2.05, 4.69) is 0 Å². The summed E-state index contributed by atoms with van der Waals surface area (Å²) in [5, 5.41) is 0. The van der Waals surface area contributed by atoms with Gasteiger partial charge in [0.1, 0.15) is 5.75 Å². The Morgan fingerprint density at radius 2 is 1.92 bits per heavy atom. The third-order valence-corrected chi connectivity index (χ3v) is 2.26. The molecule has 12 heavy (non-hydrogen) atoms. The Labute approximate surface area is 73.7 Å². The topological polar surface area (TPSA) is 63.6 Å². The summed E-state index contributed by atoms with van der Waals surface area (Å²) < 4.78 is 34.3. The van der Waals surface area contributed by atoms with Crippen LogP contribution in [0, 0.1) is 5.92 Å². The maximum atomic E-state index is 10.5. The highest BCUT2D eigenvalue weighted by atomic mass is 32.2. The Morgan fingerprint density at radius 1 is 1.42 bits per heavy atom. The molecule has 0 aliphatic carbocycles. The summed E-state index contributed by atoms with van der Waals surface area (Å²) in [7, 11) is -2.46. The average Bonchev–Trinajstić information content (AvgIpc) is 1.82. The first-order valence-electron chi connectivity index (χ1n) is 3.83. The van der Waals surface area contributed by atoms with Gasteiger partial charge in [0, 0.05) is 7.11 Å². The van der Waals surface area contributed by atoms with Crippen LogP contribution in [0.2, 0.25) is 0 Å². The van der Waals surface area contributed by atoms with Crippen LogP contribution in [0.1, 0.15) is 20.3 Å². The Kier molecular flexibility index (Phi) is 4.74. The molecule has 0 heterocycles. The summed E-state index contributed by atoms with van der Waals surface area (Å²) in [4.78, 5) is 0. The molecule has 1 unspecified atom stereocenters. The van der Waals surface area contributed by atoms with Gasteiger partial charge in [-0.2, -0.15) is 8.42 Å². The lowest BCUT2D eigenvalue weighted by Gasteiger charge is -2.15. The van der Waals surface area contributed by atoms with E-state index in [1.54, 1.807) is 0 Å². The van der Waals surface area contributed by atoms with Crippen LogP contribution >= 0.6 is 0 Å². The maximum absolute atomic E-state index is 10.5. The Hall–Kier alpha value is -0.130. The molecule has 0 amide bonds. The lowest BCUT2D eigenvalue weighted by Crippen LogP contribution is -2.24. The van der Waals surface area contributed by atoms with E-state index < -0.39 is 16.2 Å². The minimum Gasteiger partial charge on any atom is -0.380 e. The minimum atomic E-state index is -3.91. The van der Waals surface area contributed by atoms with Gasteiger partial charge in [-0.3, -0.25) is 4.55 Å². The van der Waals surface area contributed by atoms with E-state index in [0.717, 1.165) is 0 Å². The van der Waals surface area contributed by atoms with Gasteiger partial charge in [-0.05, 0) is 12.3 Å². The van der Waals surface area contributed by atoms with Crippen LogP contribution < -0.4 is 0 Å². The predicted molar refractivity (Wildman–Crippen MR) is 46.7 cm³/mol. The Bertz CT molecular complexity index is 207. The van der Waals surface area contributed by atoms with Gasteiger partial charge >= 0.3 is 0 Å². The molecule has 0 saturated heterocycles. The number of methoxy groups -OCH3 is 1. The van der Waals surface area contributed by atoms with E-state index in [9.17, 15) is 8.42 Å². The van der Waals surface area contributed by atoms with Crippen molar-refractivity contribution in [3.8, 4) is 0 Å². The van der Waals surface area contributed by atoms with E-state index >= 15 is 0 Å². The van der Waals surface area contributed by atoms with Crippen LogP contribution in [0.15, 0.2) is 0 Å². The smallest absolute Gasteiger partial charge is 0.267 e. The third kappa shape index (κ3) is 6.57. The molecule has 0 bridgehead atoms. The van der Waals surface area contributed by atoms with Crippen molar-refractivity contribution in [3.63, 3.8) is 0 Å². The molecule has 4 nitrogen and oxygen atoms in total. The summed E-state index contributed by atoms with van der Waals surface area (Å²) in [6.07, 6.45) is 0.232. The van der Waals surface area contributed by atoms with E-state index in [1.165, 1.54) is 7.11 Å². The highest BCUT2D eigenvalue weighted by molar-refractivity contribution is 7.85. The fraction of sp³-hybridized carbons (Fsp3) is 1.00. The van der Waals surface area contributed by atoms with Gasteiger partial charge in [0.05, 0.1) is 6.10 Å². The molecule has 74 valence electrons. The van der Waals surface area contributed by atoms with Crippen LogP contribution in [-0.4, -0.2) is 31.9 Å². The van der Waals surface area contributed by atoms with Gasteiger partial charge < -0.3 is 4.74 Å². The quantitative estimate of drug-likeness (QED) is 0.664. The SMILES string of the molecule is COC(CC(C)C)CS(=O)(=O)O. The fourth-order valence-electron chi connectivity index (χ4n) is 0.993. The Balaban J connectivity index is 4.01. The van der Waals surface area contributed by atoms with Crippen LogP contribution in [0.25, 0.3) is 0 Å². The van der Waals surface area contributed by atoms with Crippen molar-refractivity contribution >= 4 is 10.1 Å². The molecule has 0 aromatic heterocycles. The van der Waals surface area contributed by atoms with Crippen LogP contribution in [-0.2, 0) is 14.9 Å². The molecule has 0 rings (SSSR count). The summed E-state index contributed by atoms with van der Waals surface area (Å²) in [6.45, 7) is 3.94. The summed E-state index contributed by atoms with van der Waals surface area (Å²) in [5.41, 5.74) is 0. The third-order valence-electron chi connectivity index (χ3n) is 1.46. The van der Waals surface area contributed by atoms with Crippen LogP contribution in [0.4, 0.5) is 0 Å². The molecule has 0 fully saturated rings. The molecule has 0 spiro atoms. The highest BCUT2D eigenvalue weighted by Gasteiger charge is 2.17. The van der Waals surface area contributed by atoms with Gasteiger partial charge in [0.15, 0.2) is 0 Å². The lowest BCUT2D eigenvalue weighted by atomic mass is 10.1. The zero-order valence-corrected chi connectivity index (χ0v) is 8.47. The maximum Gasteiger partial charge on any atom is 0.267 e. The van der Waals surface area contributed by atoms with E-state index in [0.29, 0.717) is 12.3 Å². The summed E-state index contributed by atoms with van der Waals surface area (Å²) in [5.74, 6) is 0.0403. The first-order chi connectivity index (χ1) is 5.35. The summed E-state index contributed by atoms with van der Waals surface area (Å²) >= 11 is 0. The molecule has 0 saturated carbocycles. The molecule has 0 aromatic carbocycles. The first-order valence-corrected chi connectivity index (χ1v) is 5.44. The molecule has 5 heteroatoms. The molecule has 0 radical (unpaired) electrons. The van der Waals surface area contributed by atoms with E-state index in [1.807, 2.05) is 13.8 Å². The highest BCUT2D eigenvalue weighted by Crippen LogP contribution is 2.08. The van der Waals surface area contributed by atoms with Crippen molar-refractivity contribution in [2.75, 3.05) is 12.9 Å². The van der Waals surface area contributed by atoms with Gasteiger partial charge in [0.2, 0.25) is 0 Å². The minimum absolute atomic E-state index is 0.318. The monoisotopic (exact) mass is 196 g/mol. The van der Waals surface area contributed by atoms with Gasteiger partial charge in [-0.1, -0.05) is 13.8 Å². The van der Waals surface area contributed by atoms with E-state index in [-0.39, 0.29) is 5.75 Å². The van der Waals surface area contributed by atoms with Crippen molar-refractivity contribution in [2.24, 2.45) is 5.92 Å². The number of hydrogen-bond donors (Lipinski definition) is 1.